The van der Waals surface area contributed by atoms with Crippen LogP contribution < -0.4 is 9.47 Å². The SMILES string of the molecule is COc1c(Cc2ccccc2)cc(Oc2ccc(CC(=O)O)cc2)cc1C(C)C. The largest absolute Gasteiger partial charge is 0.496 e. The second-order valence-corrected chi connectivity index (χ2v) is 7.34. The Labute approximate surface area is 171 Å². The number of carboxylic acids is 1. The number of benzene rings is 3. The normalized spacial score (nSPS) is 10.8. The van der Waals surface area contributed by atoms with Gasteiger partial charge in [-0.1, -0.05) is 56.3 Å². The Bertz CT molecular complexity index is 960. The molecule has 4 heteroatoms. The van der Waals surface area contributed by atoms with Crippen LogP contribution in [0.5, 0.6) is 17.2 Å². The van der Waals surface area contributed by atoms with Crippen molar-refractivity contribution in [1.29, 1.82) is 0 Å². The first-order valence-corrected chi connectivity index (χ1v) is 9.69. The minimum Gasteiger partial charge on any atom is -0.496 e. The fourth-order valence-corrected chi connectivity index (χ4v) is 3.35. The van der Waals surface area contributed by atoms with Crippen LogP contribution >= 0.6 is 0 Å². The summed E-state index contributed by atoms with van der Waals surface area (Å²) in [4.78, 5) is 10.9. The molecule has 0 saturated carbocycles. The van der Waals surface area contributed by atoms with Crippen LogP contribution in [0.2, 0.25) is 0 Å². The Morgan fingerprint density at radius 3 is 2.21 bits per heavy atom. The van der Waals surface area contributed by atoms with Gasteiger partial charge in [-0.15, -0.1) is 0 Å². The van der Waals surface area contributed by atoms with E-state index in [2.05, 4.69) is 26.0 Å². The van der Waals surface area contributed by atoms with Gasteiger partial charge in [-0.25, -0.2) is 0 Å². The van der Waals surface area contributed by atoms with Crippen molar-refractivity contribution >= 4 is 5.97 Å². The van der Waals surface area contributed by atoms with Crippen molar-refractivity contribution in [2.24, 2.45) is 0 Å². The summed E-state index contributed by atoms with van der Waals surface area (Å²) in [6.45, 7) is 4.27. The topological polar surface area (TPSA) is 55.8 Å². The fourth-order valence-electron chi connectivity index (χ4n) is 3.35. The molecule has 0 radical (unpaired) electrons. The molecule has 0 bridgehead atoms. The lowest BCUT2D eigenvalue weighted by Crippen LogP contribution is -2.02. The summed E-state index contributed by atoms with van der Waals surface area (Å²) >= 11 is 0. The summed E-state index contributed by atoms with van der Waals surface area (Å²) < 4.78 is 11.9. The minimum atomic E-state index is -0.846. The molecule has 3 rings (SSSR count). The van der Waals surface area contributed by atoms with E-state index in [-0.39, 0.29) is 12.3 Å². The van der Waals surface area contributed by atoms with E-state index in [0.717, 1.165) is 34.6 Å². The van der Waals surface area contributed by atoms with Crippen molar-refractivity contribution < 1.29 is 19.4 Å². The highest BCUT2D eigenvalue weighted by Crippen LogP contribution is 2.37. The van der Waals surface area contributed by atoms with Gasteiger partial charge >= 0.3 is 5.97 Å². The Balaban J connectivity index is 1.92. The summed E-state index contributed by atoms with van der Waals surface area (Å²) in [7, 11) is 1.71. The van der Waals surface area contributed by atoms with Crippen molar-refractivity contribution in [2.75, 3.05) is 7.11 Å². The second-order valence-electron chi connectivity index (χ2n) is 7.34. The molecule has 0 aliphatic rings. The zero-order valence-electron chi connectivity index (χ0n) is 17.0. The predicted molar refractivity (Wildman–Crippen MR) is 114 cm³/mol. The number of methoxy groups -OCH3 is 1. The number of hydrogen-bond donors (Lipinski definition) is 1. The van der Waals surface area contributed by atoms with E-state index in [4.69, 9.17) is 14.6 Å². The third-order valence-corrected chi connectivity index (χ3v) is 4.75. The summed E-state index contributed by atoms with van der Waals surface area (Å²) in [6, 6.07) is 21.5. The zero-order valence-corrected chi connectivity index (χ0v) is 17.0. The number of aliphatic carboxylic acids is 1. The van der Waals surface area contributed by atoms with Gasteiger partial charge in [0, 0.05) is 17.5 Å². The van der Waals surface area contributed by atoms with Gasteiger partial charge in [-0.05, 0) is 41.3 Å². The average molecular weight is 390 g/mol. The van der Waals surface area contributed by atoms with E-state index in [1.165, 1.54) is 5.56 Å². The average Bonchev–Trinajstić information content (AvgIpc) is 2.69. The minimum absolute atomic E-state index is 0.00152. The smallest absolute Gasteiger partial charge is 0.307 e. The first-order chi connectivity index (χ1) is 14.0. The first kappa shape index (κ1) is 20.5. The van der Waals surface area contributed by atoms with Crippen LogP contribution in [-0.4, -0.2) is 18.2 Å². The molecule has 29 heavy (non-hydrogen) atoms. The maximum absolute atomic E-state index is 10.9. The van der Waals surface area contributed by atoms with Gasteiger partial charge in [0.15, 0.2) is 0 Å². The van der Waals surface area contributed by atoms with E-state index in [0.29, 0.717) is 5.75 Å². The van der Waals surface area contributed by atoms with E-state index in [9.17, 15) is 4.79 Å². The Kier molecular flexibility index (Phi) is 6.55. The van der Waals surface area contributed by atoms with Crippen LogP contribution in [0.1, 0.15) is 42.0 Å². The summed E-state index contributed by atoms with van der Waals surface area (Å²) in [6.07, 6.45) is 0.750. The molecular formula is C25H26O4. The number of rotatable bonds is 8. The monoisotopic (exact) mass is 390 g/mol. The lowest BCUT2D eigenvalue weighted by molar-refractivity contribution is -0.136. The van der Waals surface area contributed by atoms with Gasteiger partial charge in [0.25, 0.3) is 0 Å². The molecule has 0 aliphatic carbocycles. The number of hydrogen-bond acceptors (Lipinski definition) is 3. The molecule has 0 heterocycles. The third-order valence-electron chi connectivity index (χ3n) is 4.75. The first-order valence-electron chi connectivity index (χ1n) is 9.69. The van der Waals surface area contributed by atoms with Crippen molar-refractivity contribution in [3.05, 3.63) is 89.0 Å². The number of carboxylic acid groups (broad SMARTS) is 1. The van der Waals surface area contributed by atoms with Crippen molar-refractivity contribution in [3.8, 4) is 17.2 Å². The molecule has 3 aromatic carbocycles. The lowest BCUT2D eigenvalue weighted by atomic mass is 9.95. The van der Waals surface area contributed by atoms with Gasteiger partial charge in [-0.3, -0.25) is 4.79 Å². The Morgan fingerprint density at radius 1 is 0.931 bits per heavy atom. The fraction of sp³-hybridized carbons (Fsp3) is 0.240. The van der Waals surface area contributed by atoms with Crippen LogP contribution in [0.3, 0.4) is 0 Å². The van der Waals surface area contributed by atoms with E-state index < -0.39 is 5.97 Å². The Hall–Kier alpha value is -3.27. The highest BCUT2D eigenvalue weighted by Gasteiger charge is 2.16. The summed E-state index contributed by atoms with van der Waals surface area (Å²) in [5, 5.41) is 8.91. The molecule has 0 aliphatic heterocycles. The van der Waals surface area contributed by atoms with Crippen molar-refractivity contribution in [2.45, 2.75) is 32.6 Å². The summed E-state index contributed by atoms with van der Waals surface area (Å²) in [5.41, 5.74) is 4.11. The van der Waals surface area contributed by atoms with Crippen molar-refractivity contribution in [1.82, 2.24) is 0 Å². The molecule has 0 saturated heterocycles. The van der Waals surface area contributed by atoms with Gasteiger partial charge in [0.05, 0.1) is 13.5 Å². The molecule has 0 aromatic heterocycles. The van der Waals surface area contributed by atoms with Crippen LogP contribution in [0.15, 0.2) is 66.7 Å². The quantitative estimate of drug-likeness (QED) is 0.526. The van der Waals surface area contributed by atoms with Gasteiger partial charge in [-0.2, -0.15) is 0 Å². The van der Waals surface area contributed by atoms with Crippen LogP contribution in [0.4, 0.5) is 0 Å². The molecule has 4 nitrogen and oxygen atoms in total. The molecule has 0 unspecified atom stereocenters. The van der Waals surface area contributed by atoms with Gasteiger partial charge < -0.3 is 14.6 Å². The molecule has 0 atom stereocenters. The van der Waals surface area contributed by atoms with Crippen LogP contribution in [0.25, 0.3) is 0 Å². The highest BCUT2D eigenvalue weighted by molar-refractivity contribution is 5.70. The maximum atomic E-state index is 10.9. The third kappa shape index (κ3) is 5.38. The van der Waals surface area contributed by atoms with E-state index in [1.54, 1.807) is 31.4 Å². The number of carbonyl (C=O) groups is 1. The molecule has 1 N–H and O–H groups in total. The van der Waals surface area contributed by atoms with E-state index in [1.807, 2.05) is 30.3 Å². The van der Waals surface area contributed by atoms with Gasteiger partial charge in [0.1, 0.15) is 17.2 Å². The van der Waals surface area contributed by atoms with E-state index >= 15 is 0 Å². The Morgan fingerprint density at radius 2 is 1.62 bits per heavy atom. The zero-order chi connectivity index (χ0) is 20.8. The molecule has 0 spiro atoms. The lowest BCUT2D eigenvalue weighted by Gasteiger charge is -2.19. The second kappa shape index (κ2) is 9.28. The van der Waals surface area contributed by atoms with Crippen LogP contribution in [-0.2, 0) is 17.6 Å². The molecule has 0 fully saturated rings. The molecule has 150 valence electrons. The number of ether oxygens (including phenoxy) is 2. The standard InChI is InChI=1S/C25H26O4/c1-17(2)23-16-22(29-21-11-9-19(10-12-21)14-24(26)27)15-20(25(23)28-3)13-18-7-5-4-6-8-18/h4-12,15-17H,13-14H2,1-3H3,(H,26,27). The predicted octanol–water partition coefficient (Wildman–Crippen LogP) is 5.83. The van der Waals surface area contributed by atoms with Gasteiger partial charge in [0.2, 0.25) is 0 Å². The highest BCUT2D eigenvalue weighted by atomic mass is 16.5. The maximum Gasteiger partial charge on any atom is 0.307 e. The summed E-state index contributed by atoms with van der Waals surface area (Å²) in [5.74, 6) is 1.74. The molecular weight excluding hydrogens is 364 g/mol. The van der Waals surface area contributed by atoms with Crippen LogP contribution in [0, 0.1) is 0 Å². The molecule has 3 aromatic rings. The van der Waals surface area contributed by atoms with Crippen molar-refractivity contribution in [3.63, 3.8) is 0 Å². The molecule has 0 amide bonds.